The van der Waals surface area contributed by atoms with Crippen LogP contribution in [0.15, 0.2) is 24.3 Å². The van der Waals surface area contributed by atoms with E-state index in [9.17, 15) is 8.42 Å². The molecule has 0 aliphatic carbocycles. The van der Waals surface area contributed by atoms with Gasteiger partial charge in [-0.05, 0) is 31.2 Å². The second-order valence-electron chi connectivity index (χ2n) is 3.87. The summed E-state index contributed by atoms with van der Waals surface area (Å²) in [5.74, 6) is 0.903. The van der Waals surface area contributed by atoms with Crippen LogP contribution in [0.4, 0.5) is 5.69 Å². The number of hydrogen-bond acceptors (Lipinski definition) is 4. The van der Waals surface area contributed by atoms with Crippen LogP contribution in [0.1, 0.15) is 6.92 Å². The highest BCUT2D eigenvalue weighted by atomic mass is 32.2. The summed E-state index contributed by atoms with van der Waals surface area (Å²) in [5.41, 5.74) is 0.886. The molecule has 0 heterocycles. The van der Waals surface area contributed by atoms with E-state index in [4.69, 9.17) is 4.74 Å². The SMILES string of the molecule is COc1ccc(NC(C)CS(C)(=O)=O)cc1. The third-order valence-corrected chi connectivity index (χ3v) is 3.16. The summed E-state index contributed by atoms with van der Waals surface area (Å²) >= 11 is 0. The van der Waals surface area contributed by atoms with Gasteiger partial charge in [-0.25, -0.2) is 8.42 Å². The molecule has 1 atom stereocenters. The van der Waals surface area contributed by atoms with Crippen LogP contribution in [-0.4, -0.2) is 33.6 Å². The Balaban J connectivity index is 2.59. The van der Waals surface area contributed by atoms with Crippen LogP contribution in [0.2, 0.25) is 0 Å². The van der Waals surface area contributed by atoms with Crippen molar-refractivity contribution in [1.82, 2.24) is 0 Å². The molecular formula is C11H17NO3S. The molecule has 16 heavy (non-hydrogen) atoms. The second-order valence-corrected chi connectivity index (χ2v) is 6.05. The molecule has 0 aromatic heterocycles. The van der Waals surface area contributed by atoms with Gasteiger partial charge in [0.25, 0.3) is 0 Å². The molecule has 0 aliphatic heterocycles. The molecule has 1 N–H and O–H groups in total. The normalized spacial score (nSPS) is 13.2. The average Bonchev–Trinajstić information content (AvgIpc) is 2.16. The van der Waals surface area contributed by atoms with Gasteiger partial charge in [0.15, 0.2) is 0 Å². The van der Waals surface area contributed by atoms with Gasteiger partial charge in [-0.3, -0.25) is 0 Å². The fourth-order valence-electron chi connectivity index (χ4n) is 1.47. The molecule has 0 spiro atoms. The summed E-state index contributed by atoms with van der Waals surface area (Å²) < 4.78 is 27.2. The van der Waals surface area contributed by atoms with Crippen molar-refractivity contribution >= 4 is 15.5 Å². The second kappa shape index (κ2) is 5.21. The molecule has 4 nitrogen and oxygen atoms in total. The first-order valence-electron chi connectivity index (χ1n) is 4.99. The molecule has 0 fully saturated rings. The maximum atomic E-state index is 11.1. The molecule has 90 valence electrons. The first-order chi connectivity index (χ1) is 7.40. The van der Waals surface area contributed by atoms with E-state index in [0.717, 1.165) is 11.4 Å². The van der Waals surface area contributed by atoms with Gasteiger partial charge >= 0.3 is 0 Å². The number of rotatable bonds is 5. The summed E-state index contributed by atoms with van der Waals surface area (Å²) in [7, 11) is -1.34. The topological polar surface area (TPSA) is 55.4 Å². The molecule has 1 aromatic rings. The fourth-order valence-corrected chi connectivity index (χ4v) is 2.46. The largest absolute Gasteiger partial charge is 0.497 e. The first-order valence-corrected chi connectivity index (χ1v) is 7.05. The van der Waals surface area contributed by atoms with Gasteiger partial charge in [0, 0.05) is 18.0 Å². The van der Waals surface area contributed by atoms with Gasteiger partial charge in [0.05, 0.1) is 12.9 Å². The number of ether oxygens (including phenoxy) is 1. The number of benzene rings is 1. The predicted octanol–water partition coefficient (Wildman–Crippen LogP) is 1.54. The Morgan fingerprint density at radius 3 is 2.31 bits per heavy atom. The average molecular weight is 243 g/mol. The van der Waals surface area contributed by atoms with E-state index in [2.05, 4.69) is 5.32 Å². The highest BCUT2D eigenvalue weighted by Gasteiger charge is 2.09. The molecule has 0 aliphatic rings. The Morgan fingerprint density at radius 2 is 1.88 bits per heavy atom. The van der Waals surface area contributed by atoms with Crippen LogP contribution < -0.4 is 10.1 Å². The van der Waals surface area contributed by atoms with E-state index in [1.807, 2.05) is 31.2 Å². The summed E-state index contributed by atoms with van der Waals surface area (Å²) in [6, 6.07) is 7.27. The molecule has 0 amide bonds. The predicted molar refractivity (Wildman–Crippen MR) is 65.8 cm³/mol. The van der Waals surface area contributed by atoms with E-state index in [0.29, 0.717) is 0 Å². The molecule has 1 rings (SSSR count). The van der Waals surface area contributed by atoms with E-state index < -0.39 is 9.84 Å². The van der Waals surface area contributed by atoms with Crippen molar-refractivity contribution in [2.75, 3.05) is 24.4 Å². The number of hydrogen-bond donors (Lipinski definition) is 1. The van der Waals surface area contributed by atoms with Crippen molar-refractivity contribution < 1.29 is 13.2 Å². The third-order valence-electron chi connectivity index (χ3n) is 2.06. The molecule has 0 saturated heterocycles. The highest BCUT2D eigenvalue weighted by Crippen LogP contribution is 2.15. The van der Waals surface area contributed by atoms with E-state index >= 15 is 0 Å². The van der Waals surface area contributed by atoms with Crippen LogP contribution in [0, 0.1) is 0 Å². The zero-order valence-corrected chi connectivity index (χ0v) is 10.5. The van der Waals surface area contributed by atoms with Gasteiger partial charge < -0.3 is 10.1 Å². The number of methoxy groups -OCH3 is 1. The minimum absolute atomic E-state index is 0.108. The van der Waals surface area contributed by atoms with Crippen LogP contribution in [0.25, 0.3) is 0 Å². The van der Waals surface area contributed by atoms with Gasteiger partial charge in [-0.15, -0.1) is 0 Å². The van der Waals surface area contributed by atoms with Crippen LogP contribution in [-0.2, 0) is 9.84 Å². The van der Waals surface area contributed by atoms with Gasteiger partial charge in [-0.2, -0.15) is 0 Å². The molecule has 5 heteroatoms. The number of sulfone groups is 1. The minimum atomic E-state index is -2.94. The third kappa shape index (κ3) is 4.53. The van der Waals surface area contributed by atoms with E-state index in [1.165, 1.54) is 6.26 Å². The quantitative estimate of drug-likeness (QED) is 0.852. The molecule has 0 radical (unpaired) electrons. The van der Waals surface area contributed by atoms with Crippen molar-refractivity contribution in [3.8, 4) is 5.75 Å². The molecule has 0 bridgehead atoms. The van der Waals surface area contributed by atoms with Gasteiger partial charge in [-0.1, -0.05) is 0 Å². The molecule has 1 aromatic carbocycles. The van der Waals surface area contributed by atoms with Crippen LogP contribution in [0.3, 0.4) is 0 Å². The summed E-state index contributed by atoms with van der Waals surface area (Å²) in [4.78, 5) is 0. The summed E-state index contributed by atoms with van der Waals surface area (Å²) in [5, 5.41) is 3.11. The Kier molecular flexibility index (Phi) is 4.18. The highest BCUT2D eigenvalue weighted by molar-refractivity contribution is 7.90. The maximum Gasteiger partial charge on any atom is 0.149 e. The van der Waals surface area contributed by atoms with Gasteiger partial charge in [0.1, 0.15) is 15.6 Å². The molecular weight excluding hydrogens is 226 g/mol. The van der Waals surface area contributed by atoms with Crippen LogP contribution in [0.5, 0.6) is 5.75 Å². The van der Waals surface area contributed by atoms with E-state index in [-0.39, 0.29) is 11.8 Å². The lowest BCUT2D eigenvalue weighted by molar-refractivity contribution is 0.415. The van der Waals surface area contributed by atoms with Crippen molar-refractivity contribution in [2.45, 2.75) is 13.0 Å². The Morgan fingerprint density at radius 1 is 1.31 bits per heavy atom. The molecule has 0 saturated carbocycles. The lowest BCUT2D eigenvalue weighted by Gasteiger charge is -2.14. The zero-order valence-electron chi connectivity index (χ0n) is 9.73. The van der Waals surface area contributed by atoms with Gasteiger partial charge in [0.2, 0.25) is 0 Å². The summed E-state index contributed by atoms with van der Waals surface area (Å²) in [6.07, 6.45) is 1.24. The van der Waals surface area contributed by atoms with Crippen molar-refractivity contribution in [3.05, 3.63) is 24.3 Å². The smallest absolute Gasteiger partial charge is 0.149 e. The maximum absolute atomic E-state index is 11.1. The van der Waals surface area contributed by atoms with Crippen molar-refractivity contribution in [3.63, 3.8) is 0 Å². The zero-order chi connectivity index (χ0) is 12.2. The number of nitrogens with one attached hydrogen (secondary N) is 1. The molecule has 1 unspecified atom stereocenters. The lowest BCUT2D eigenvalue weighted by Crippen LogP contribution is -2.24. The van der Waals surface area contributed by atoms with Crippen molar-refractivity contribution in [2.24, 2.45) is 0 Å². The minimum Gasteiger partial charge on any atom is -0.497 e. The van der Waals surface area contributed by atoms with E-state index in [1.54, 1.807) is 7.11 Å². The Hall–Kier alpha value is -1.23. The first kappa shape index (κ1) is 12.8. The Bertz CT molecular complexity index is 425. The fraction of sp³-hybridized carbons (Fsp3) is 0.455. The number of anilines is 1. The van der Waals surface area contributed by atoms with Crippen LogP contribution >= 0.6 is 0 Å². The standard InChI is InChI=1S/C11H17NO3S/c1-9(8-16(3,13)14)12-10-4-6-11(15-2)7-5-10/h4-7,9,12H,8H2,1-3H3. The lowest BCUT2D eigenvalue weighted by atomic mass is 10.2. The van der Waals surface area contributed by atoms with Crippen molar-refractivity contribution in [1.29, 1.82) is 0 Å². The summed E-state index contributed by atoms with van der Waals surface area (Å²) in [6.45, 7) is 1.84. The Labute approximate surface area is 96.5 Å². The monoisotopic (exact) mass is 243 g/mol.